The Balaban J connectivity index is 2.80. The van der Waals surface area contributed by atoms with Crippen LogP contribution in [0, 0.1) is 10.1 Å². The van der Waals surface area contributed by atoms with Gasteiger partial charge in [-0.3, -0.25) is 15.1 Å². The van der Waals surface area contributed by atoms with Crippen molar-refractivity contribution in [2.75, 3.05) is 7.11 Å². The lowest BCUT2D eigenvalue weighted by atomic mass is 9.78. The van der Waals surface area contributed by atoms with Crippen LogP contribution in [0.3, 0.4) is 0 Å². The number of nitrogens with zero attached hydrogens (tertiary/aromatic N) is 2. The minimum absolute atomic E-state index is 0.0251. The second kappa shape index (κ2) is 6.66. The predicted octanol–water partition coefficient (Wildman–Crippen LogP) is 3.36. The van der Waals surface area contributed by atoms with Gasteiger partial charge < -0.3 is 4.74 Å². The summed E-state index contributed by atoms with van der Waals surface area (Å²) in [5, 5.41) is 11.5. The standard InChI is InChI=1S/C16H15F3N2O4/c1-8-12(15(22)25-3)13(14(21(23)24)9(2)20-8)10-6-4-5-7-11(10)16(17,18)19/h4-7,13-14H,1-3H3. The van der Waals surface area contributed by atoms with Gasteiger partial charge in [0, 0.05) is 10.6 Å². The third kappa shape index (κ3) is 3.40. The maximum Gasteiger partial charge on any atom is 0.416 e. The number of alkyl halides is 3. The Kier molecular flexibility index (Phi) is 4.96. The maximum atomic E-state index is 13.4. The van der Waals surface area contributed by atoms with Crippen LogP contribution in [-0.4, -0.2) is 29.8 Å². The molecule has 2 rings (SSSR count). The first-order chi connectivity index (χ1) is 11.6. The molecule has 0 spiro atoms. The van der Waals surface area contributed by atoms with Gasteiger partial charge in [0.1, 0.15) is 0 Å². The molecule has 1 aromatic rings. The number of esters is 1. The molecule has 25 heavy (non-hydrogen) atoms. The summed E-state index contributed by atoms with van der Waals surface area (Å²) in [5.41, 5.74) is -1.51. The van der Waals surface area contributed by atoms with E-state index in [1.165, 1.54) is 26.0 Å². The first-order valence-electron chi connectivity index (χ1n) is 7.23. The Hall–Kier alpha value is -2.71. The van der Waals surface area contributed by atoms with Gasteiger partial charge in [0.15, 0.2) is 0 Å². The van der Waals surface area contributed by atoms with Gasteiger partial charge in [0.05, 0.1) is 29.9 Å². The Morgan fingerprint density at radius 1 is 1.28 bits per heavy atom. The lowest BCUT2D eigenvalue weighted by molar-refractivity contribution is -0.505. The first kappa shape index (κ1) is 18.6. The van der Waals surface area contributed by atoms with E-state index in [2.05, 4.69) is 9.73 Å². The monoisotopic (exact) mass is 356 g/mol. The smallest absolute Gasteiger partial charge is 0.416 e. The fourth-order valence-corrected chi connectivity index (χ4v) is 3.03. The fraction of sp³-hybridized carbons (Fsp3) is 0.375. The highest BCUT2D eigenvalue weighted by Gasteiger charge is 2.48. The molecule has 1 aliphatic rings. The van der Waals surface area contributed by atoms with Crippen LogP contribution in [0.25, 0.3) is 0 Å². The van der Waals surface area contributed by atoms with Gasteiger partial charge in [-0.15, -0.1) is 0 Å². The average molecular weight is 356 g/mol. The van der Waals surface area contributed by atoms with E-state index in [1.807, 2.05) is 0 Å². The van der Waals surface area contributed by atoms with Gasteiger partial charge in [-0.1, -0.05) is 18.2 Å². The molecule has 6 nitrogen and oxygen atoms in total. The highest BCUT2D eigenvalue weighted by atomic mass is 19.4. The normalized spacial score (nSPS) is 21.0. The van der Waals surface area contributed by atoms with E-state index in [0.717, 1.165) is 19.2 Å². The number of rotatable bonds is 3. The molecule has 0 saturated heterocycles. The first-order valence-corrected chi connectivity index (χ1v) is 7.23. The van der Waals surface area contributed by atoms with E-state index in [0.29, 0.717) is 0 Å². The minimum atomic E-state index is -4.73. The van der Waals surface area contributed by atoms with Crippen molar-refractivity contribution >= 4 is 11.7 Å². The van der Waals surface area contributed by atoms with E-state index in [1.54, 1.807) is 0 Å². The summed E-state index contributed by atoms with van der Waals surface area (Å²) in [6.07, 6.45) is -4.73. The summed E-state index contributed by atoms with van der Waals surface area (Å²) >= 11 is 0. The summed E-state index contributed by atoms with van der Waals surface area (Å²) in [6.45, 7) is 2.77. The van der Waals surface area contributed by atoms with Crippen LogP contribution >= 0.6 is 0 Å². The quantitative estimate of drug-likeness (QED) is 0.472. The Morgan fingerprint density at radius 3 is 2.40 bits per heavy atom. The second-order valence-corrected chi connectivity index (χ2v) is 5.54. The summed E-state index contributed by atoms with van der Waals surface area (Å²) < 4.78 is 44.8. The molecule has 1 aliphatic heterocycles. The molecular formula is C16H15F3N2O4. The number of hydrogen-bond donors (Lipinski definition) is 0. The van der Waals surface area contributed by atoms with Crippen molar-refractivity contribution in [2.24, 2.45) is 4.99 Å². The number of aliphatic imine (C=N–C) groups is 1. The molecule has 0 fully saturated rings. The van der Waals surface area contributed by atoms with E-state index in [9.17, 15) is 28.1 Å². The molecule has 0 saturated carbocycles. The van der Waals surface area contributed by atoms with E-state index in [-0.39, 0.29) is 22.5 Å². The van der Waals surface area contributed by atoms with Crippen LogP contribution in [-0.2, 0) is 15.7 Å². The summed E-state index contributed by atoms with van der Waals surface area (Å²) in [4.78, 5) is 26.9. The SMILES string of the molecule is COC(=O)C1=C(C)N=C(C)C([N+](=O)[O-])C1c1ccccc1C(F)(F)F. The zero-order valence-electron chi connectivity index (χ0n) is 13.6. The molecule has 134 valence electrons. The molecule has 0 aliphatic carbocycles. The lowest BCUT2D eigenvalue weighted by Crippen LogP contribution is -2.40. The second-order valence-electron chi connectivity index (χ2n) is 5.54. The highest BCUT2D eigenvalue weighted by molar-refractivity contribution is 5.98. The fourth-order valence-electron chi connectivity index (χ4n) is 3.03. The molecule has 9 heteroatoms. The topological polar surface area (TPSA) is 81.8 Å². The van der Waals surface area contributed by atoms with Gasteiger partial charge in [-0.05, 0) is 25.5 Å². The molecule has 0 N–H and O–H groups in total. The predicted molar refractivity (Wildman–Crippen MR) is 82.8 cm³/mol. The lowest BCUT2D eigenvalue weighted by Gasteiger charge is -2.29. The van der Waals surface area contributed by atoms with E-state index >= 15 is 0 Å². The van der Waals surface area contributed by atoms with Crippen LogP contribution in [0.1, 0.15) is 30.9 Å². The molecule has 2 atom stereocenters. The van der Waals surface area contributed by atoms with Crippen molar-refractivity contribution in [1.29, 1.82) is 0 Å². The summed E-state index contributed by atoms with van der Waals surface area (Å²) in [6, 6.07) is 2.90. The minimum Gasteiger partial charge on any atom is -0.466 e. The Labute approximate surface area is 141 Å². The highest BCUT2D eigenvalue weighted by Crippen LogP contribution is 2.42. The summed E-state index contributed by atoms with van der Waals surface area (Å²) in [7, 11) is 1.06. The zero-order valence-corrected chi connectivity index (χ0v) is 13.6. The van der Waals surface area contributed by atoms with Crippen molar-refractivity contribution in [3.8, 4) is 0 Å². The van der Waals surface area contributed by atoms with Gasteiger partial charge in [-0.2, -0.15) is 13.2 Å². The van der Waals surface area contributed by atoms with E-state index < -0.39 is 34.6 Å². The third-order valence-electron chi connectivity index (χ3n) is 4.02. The molecule has 0 amide bonds. The van der Waals surface area contributed by atoms with Crippen molar-refractivity contribution in [2.45, 2.75) is 32.0 Å². The van der Waals surface area contributed by atoms with Crippen LogP contribution < -0.4 is 0 Å². The number of hydrogen-bond acceptors (Lipinski definition) is 5. The molecule has 1 aromatic carbocycles. The van der Waals surface area contributed by atoms with Crippen LogP contribution in [0.5, 0.6) is 0 Å². The Morgan fingerprint density at radius 2 is 1.88 bits per heavy atom. The number of ether oxygens (including phenoxy) is 1. The van der Waals surface area contributed by atoms with Crippen molar-refractivity contribution in [3.63, 3.8) is 0 Å². The number of halogens is 3. The molecular weight excluding hydrogens is 341 g/mol. The van der Waals surface area contributed by atoms with Gasteiger partial charge in [0.2, 0.25) is 0 Å². The number of carbonyl (C=O) groups is 1. The number of nitro groups is 1. The number of allylic oxidation sites excluding steroid dienone is 1. The number of carbonyl (C=O) groups excluding carboxylic acids is 1. The van der Waals surface area contributed by atoms with Gasteiger partial charge in [0.25, 0.3) is 6.04 Å². The molecule has 1 heterocycles. The third-order valence-corrected chi connectivity index (χ3v) is 4.02. The van der Waals surface area contributed by atoms with Gasteiger partial charge >= 0.3 is 12.1 Å². The van der Waals surface area contributed by atoms with Crippen LogP contribution in [0.15, 0.2) is 40.5 Å². The number of benzene rings is 1. The van der Waals surface area contributed by atoms with Crippen molar-refractivity contribution in [3.05, 3.63) is 56.8 Å². The van der Waals surface area contributed by atoms with Crippen LogP contribution in [0.4, 0.5) is 13.2 Å². The Bertz CT molecular complexity index is 784. The van der Waals surface area contributed by atoms with Crippen molar-refractivity contribution < 1.29 is 27.6 Å². The average Bonchev–Trinajstić information content (AvgIpc) is 2.52. The van der Waals surface area contributed by atoms with Gasteiger partial charge in [-0.25, -0.2) is 4.79 Å². The van der Waals surface area contributed by atoms with Crippen LogP contribution in [0.2, 0.25) is 0 Å². The zero-order chi connectivity index (χ0) is 18.9. The summed E-state index contributed by atoms with van der Waals surface area (Å²) in [5.74, 6) is -2.39. The molecule has 0 radical (unpaired) electrons. The largest absolute Gasteiger partial charge is 0.466 e. The molecule has 2 unspecified atom stereocenters. The number of methoxy groups -OCH3 is 1. The van der Waals surface area contributed by atoms with E-state index in [4.69, 9.17) is 0 Å². The molecule has 0 aromatic heterocycles. The molecule has 0 bridgehead atoms. The maximum absolute atomic E-state index is 13.4. The van der Waals surface area contributed by atoms with Crippen molar-refractivity contribution in [1.82, 2.24) is 0 Å².